The van der Waals surface area contributed by atoms with E-state index in [0.29, 0.717) is 12.3 Å². The molecule has 0 N–H and O–H groups in total. The minimum Gasteiger partial charge on any atom is -0.284 e. The molecule has 4 aromatic rings. The fourth-order valence-electron chi connectivity index (χ4n) is 3.86. The first kappa shape index (κ1) is 16.7. The number of hydrogen-bond donors (Lipinski definition) is 0. The summed E-state index contributed by atoms with van der Waals surface area (Å²) in [5.41, 5.74) is 3.50. The first-order valence-electron chi connectivity index (χ1n) is 9.47. The number of rotatable bonds is 5. The minimum atomic E-state index is 0.132. The number of fused-ring (bicyclic) bond motifs is 1. The van der Waals surface area contributed by atoms with E-state index in [-0.39, 0.29) is 6.04 Å². The summed E-state index contributed by atoms with van der Waals surface area (Å²) >= 11 is 0. The average molecular weight is 372 g/mol. The molecule has 28 heavy (non-hydrogen) atoms. The number of aryl methyl sites for hydroxylation is 1. The Hall–Kier alpha value is -3.47. The van der Waals surface area contributed by atoms with Gasteiger partial charge in [0.05, 0.1) is 42.2 Å². The Morgan fingerprint density at radius 3 is 2.79 bits per heavy atom. The van der Waals surface area contributed by atoms with E-state index in [1.54, 1.807) is 17.1 Å². The molecule has 4 heterocycles. The molecule has 8 heteroatoms. The fraction of sp³-hybridized carbons (Fsp3) is 0.350. The second-order valence-corrected chi connectivity index (χ2v) is 7.35. The van der Waals surface area contributed by atoms with Gasteiger partial charge >= 0.3 is 0 Å². The predicted molar refractivity (Wildman–Crippen MR) is 103 cm³/mol. The second kappa shape index (κ2) is 6.60. The molecule has 1 aliphatic carbocycles. The van der Waals surface area contributed by atoms with Gasteiger partial charge in [0.2, 0.25) is 0 Å². The maximum absolute atomic E-state index is 9.24. The van der Waals surface area contributed by atoms with Crippen LogP contribution in [0.3, 0.4) is 0 Å². The maximum Gasteiger partial charge on any atom is 0.149 e. The van der Waals surface area contributed by atoms with Crippen LogP contribution in [0.5, 0.6) is 0 Å². The molecule has 1 saturated carbocycles. The maximum atomic E-state index is 9.24. The van der Waals surface area contributed by atoms with Gasteiger partial charge in [0.25, 0.3) is 0 Å². The Balaban J connectivity index is 1.58. The summed E-state index contributed by atoms with van der Waals surface area (Å²) in [4.78, 5) is 9.32. The van der Waals surface area contributed by atoms with Gasteiger partial charge in [0.1, 0.15) is 11.5 Å². The van der Waals surface area contributed by atoms with Crippen LogP contribution in [0.1, 0.15) is 31.7 Å². The first-order chi connectivity index (χ1) is 13.7. The third-order valence-electron chi connectivity index (χ3n) is 5.58. The highest BCUT2D eigenvalue weighted by Crippen LogP contribution is 2.38. The van der Waals surface area contributed by atoms with E-state index in [1.165, 1.54) is 19.3 Å². The Labute approximate surface area is 162 Å². The van der Waals surface area contributed by atoms with Crippen LogP contribution in [0, 0.1) is 17.2 Å². The molecular formula is C20H20N8. The molecule has 1 atom stereocenters. The quantitative estimate of drug-likeness (QED) is 0.536. The molecule has 0 aliphatic heterocycles. The van der Waals surface area contributed by atoms with Gasteiger partial charge in [-0.25, -0.2) is 9.97 Å². The normalized spacial score (nSPS) is 15.4. The lowest BCUT2D eigenvalue weighted by molar-refractivity contribution is 0.199. The lowest BCUT2D eigenvalue weighted by Gasteiger charge is -2.32. The van der Waals surface area contributed by atoms with Crippen molar-refractivity contribution in [2.24, 2.45) is 13.0 Å². The SMILES string of the molecule is Cn1cc(-c2cc3nccn3c(-c3cnn(C(CC#N)C4CCC4)c3)n2)cn1. The highest BCUT2D eigenvalue weighted by atomic mass is 15.3. The number of imidazole rings is 1. The Morgan fingerprint density at radius 1 is 1.21 bits per heavy atom. The third kappa shape index (κ3) is 2.76. The van der Waals surface area contributed by atoms with Gasteiger partial charge in [-0.2, -0.15) is 15.5 Å². The van der Waals surface area contributed by atoms with Gasteiger partial charge in [0.15, 0.2) is 0 Å². The molecule has 4 aromatic heterocycles. The summed E-state index contributed by atoms with van der Waals surface area (Å²) < 4.78 is 5.67. The van der Waals surface area contributed by atoms with Crippen LogP contribution in [-0.2, 0) is 7.05 Å². The highest BCUT2D eigenvalue weighted by molar-refractivity contribution is 5.68. The van der Waals surface area contributed by atoms with E-state index in [2.05, 4.69) is 21.3 Å². The summed E-state index contributed by atoms with van der Waals surface area (Å²) in [7, 11) is 1.89. The highest BCUT2D eigenvalue weighted by Gasteiger charge is 2.29. The van der Waals surface area contributed by atoms with Crippen LogP contribution in [-0.4, -0.2) is 33.9 Å². The van der Waals surface area contributed by atoms with Crippen molar-refractivity contribution in [2.45, 2.75) is 31.7 Å². The molecule has 8 nitrogen and oxygen atoms in total. The minimum absolute atomic E-state index is 0.132. The van der Waals surface area contributed by atoms with Gasteiger partial charge in [0, 0.05) is 43.5 Å². The van der Waals surface area contributed by atoms with E-state index < -0.39 is 0 Å². The van der Waals surface area contributed by atoms with Crippen molar-refractivity contribution in [3.63, 3.8) is 0 Å². The van der Waals surface area contributed by atoms with E-state index in [9.17, 15) is 5.26 Å². The summed E-state index contributed by atoms with van der Waals surface area (Å²) in [5, 5.41) is 18.1. The first-order valence-corrected chi connectivity index (χ1v) is 9.47. The fourth-order valence-corrected chi connectivity index (χ4v) is 3.86. The molecule has 1 unspecified atom stereocenters. The van der Waals surface area contributed by atoms with E-state index in [0.717, 1.165) is 28.3 Å². The van der Waals surface area contributed by atoms with Gasteiger partial charge < -0.3 is 0 Å². The molecule has 140 valence electrons. The van der Waals surface area contributed by atoms with E-state index >= 15 is 0 Å². The molecule has 0 saturated heterocycles. The van der Waals surface area contributed by atoms with Crippen molar-refractivity contribution >= 4 is 5.65 Å². The largest absolute Gasteiger partial charge is 0.284 e. The zero-order valence-corrected chi connectivity index (χ0v) is 15.6. The predicted octanol–water partition coefficient (Wildman–Crippen LogP) is 3.25. The molecule has 5 rings (SSSR count). The summed E-state index contributed by atoms with van der Waals surface area (Å²) in [6, 6.07) is 4.41. The van der Waals surface area contributed by atoms with Crippen LogP contribution in [0.4, 0.5) is 0 Å². The average Bonchev–Trinajstić information content (AvgIpc) is 3.39. The number of aromatic nitrogens is 7. The monoisotopic (exact) mass is 372 g/mol. The van der Waals surface area contributed by atoms with Crippen LogP contribution in [0.2, 0.25) is 0 Å². The van der Waals surface area contributed by atoms with Crippen LogP contribution in [0.25, 0.3) is 28.3 Å². The summed E-state index contributed by atoms with van der Waals surface area (Å²) in [6.07, 6.45) is 15.3. The second-order valence-electron chi connectivity index (χ2n) is 7.35. The van der Waals surface area contributed by atoms with Crippen molar-refractivity contribution in [1.82, 2.24) is 33.9 Å². The zero-order chi connectivity index (χ0) is 19.1. The number of hydrogen-bond acceptors (Lipinski definition) is 5. The topological polar surface area (TPSA) is 89.6 Å². The number of nitrogens with zero attached hydrogens (tertiary/aromatic N) is 8. The molecule has 1 aliphatic rings. The summed E-state index contributed by atoms with van der Waals surface area (Å²) in [6.45, 7) is 0. The summed E-state index contributed by atoms with van der Waals surface area (Å²) in [5.74, 6) is 1.32. The van der Waals surface area contributed by atoms with Crippen molar-refractivity contribution < 1.29 is 0 Å². The van der Waals surface area contributed by atoms with Crippen LogP contribution >= 0.6 is 0 Å². The molecule has 1 fully saturated rings. The lowest BCUT2D eigenvalue weighted by atomic mass is 9.79. The van der Waals surface area contributed by atoms with Crippen LogP contribution in [0.15, 0.2) is 43.2 Å². The number of nitriles is 1. The zero-order valence-electron chi connectivity index (χ0n) is 15.6. The molecule has 0 amide bonds. The Bertz CT molecular complexity index is 1170. The molecule has 0 radical (unpaired) electrons. The van der Waals surface area contributed by atoms with Gasteiger partial charge in [-0.05, 0) is 18.8 Å². The Morgan fingerprint density at radius 2 is 2.07 bits per heavy atom. The van der Waals surface area contributed by atoms with Crippen molar-refractivity contribution in [2.75, 3.05) is 0 Å². The van der Waals surface area contributed by atoms with Crippen LogP contribution < -0.4 is 0 Å². The molecule has 0 spiro atoms. The van der Waals surface area contributed by atoms with E-state index in [4.69, 9.17) is 4.98 Å². The van der Waals surface area contributed by atoms with Gasteiger partial charge in [-0.1, -0.05) is 6.42 Å². The van der Waals surface area contributed by atoms with Crippen molar-refractivity contribution in [1.29, 1.82) is 5.26 Å². The van der Waals surface area contributed by atoms with Gasteiger partial charge in [-0.15, -0.1) is 0 Å². The lowest BCUT2D eigenvalue weighted by Crippen LogP contribution is -2.25. The molecule has 0 aromatic carbocycles. The smallest absolute Gasteiger partial charge is 0.149 e. The standard InChI is InChI=1S/C20H20N8/c1-26-12-15(10-23-26)17-9-19-22-7-8-27(19)20(25-17)16-11-24-28(13-16)18(5-6-21)14-3-2-4-14/h7-14,18H,2-5H2,1H3. The Kier molecular flexibility index (Phi) is 3.93. The molecule has 0 bridgehead atoms. The van der Waals surface area contributed by atoms with Crippen molar-refractivity contribution in [3.8, 4) is 28.7 Å². The van der Waals surface area contributed by atoms with E-state index in [1.807, 2.05) is 47.0 Å². The third-order valence-corrected chi connectivity index (χ3v) is 5.58. The van der Waals surface area contributed by atoms with Crippen molar-refractivity contribution in [3.05, 3.63) is 43.2 Å². The molecular weight excluding hydrogens is 352 g/mol. The van der Waals surface area contributed by atoms with Gasteiger partial charge in [-0.3, -0.25) is 13.8 Å².